The standard InChI is InChI=1S/C22H19NS/c1-17-15-23(16-18-9-4-2-5-10-18)22(20-13-8-14-24-20)21(17)19-11-6-3-7-12-19/h2-15H,16H2,1H3. The van der Waals surface area contributed by atoms with E-state index < -0.39 is 0 Å². The Kier molecular flexibility index (Phi) is 4.06. The number of rotatable bonds is 4. The minimum atomic E-state index is 0.891. The van der Waals surface area contributed by atoms with E-state index in [2.05, 4.69) is 95.9 Å². The van der Waals surface area contributed by atoms with Crippen LogP contribution in [0.15, 0.2) is 84.4 Å². The molecule has 0 bridgehead atoms. The van der Waals surface area contributed by atoms with Crippen molar-refractivity contribution in [3.05, 3.63) is 95.5 Å². The van der Waals surface area contributed by atoms with E-state index in [1.54, 1.807) is 11.3 Å². The van der Waals surface area contributed by atoms with Gasteiger partial charge in [0.15, 0.2) is 0 Å². The lowest BCUT2D eigenvalue weighted by Gasteiger charge is -2.11. The maximum atomic E-state index is 2.39. The molecule has 0 fully saturated rings. The maximum absolute atomic E-state index is 2.39. The molecule has 0 amide bonds. The van der Waals surface area contributed by atoms with E-state index >= 15 is 0 Å². The largest absolute Gasteiger partial charge is 0.342 e. The minimum absolute atomic E-state index is 0.891. The van der Waals surface area contributed by atoms with Crippen LogP contribution in [0.3, 0.4) is 0 Å². The Morgan fingerprint density at radius 2 is 1.54 bits per heavy atom. The molecule has 4 aromatic rings. The summed E-state index contributed by atoms with van der Waals surface area (Å²) in [5.74, 6) is 0. The Morgan fingerprint density at radius 3 is 2.21 bits per heavy atom. The molecule has 0 saturated heterocycles. The summed E-state index contributed by atoms with van der Waals surface area (Å²) >= 11 is 1.80. The van der Waals surface area contributed by atoms with Gasteiger partial charge in [0, 0.05) is 18.3 Å². The Hall–Kier alpha value is -2.58. The molecule has 0 unspecified atom stereocenters. The predicted molar refractivity (Wildman–Crippen MR) is 103 cm³/mol. The zero-order valence-electron chi connectivity index (χ0n) is 13.6. The van der Waals surface area contributed by atoms with Crippen molar-refractivity contribution < 1.29 is 0 Å². The van der Waals surface area contributed by atoms with Crippen LogP contribution < -0.4 is 0 Å². The van der Waals surface area contributed by atoms with Crippen molar-refractivity contribution in [2.75, 3.05) is 0 Å². The van der Waals surface area contributed by atoms with E-state index in [0.29, 0.717) is 0 Å². The summed E-state index contributed by atoms with van der Waals surface area (Å²) < 4.78 is 2.39. The van der Waals surface area contributed by atoms with Gasteiger partial charge in [0.2, 0.25) is 0 Å². The van der Waals surface area contributed by atoms with Crippen LogP contribution in [0.2, 0.25) is 0 Å². The number of aromatic nitrogens is 1. The molecule has 4 rings (SSSR count). The van der Waals surface area contributed by atoms with Crippen LogP contribution in [-0.4, -0.2) is 4.57 Å². The number of thiophene rings is 1. The highest BCUT2D eigenvalue weighted by atomic mass is 32.1. The Bertz CT molecular complexity index is 919. The zero-order valence-corrected chi connectivity index (χ0v) is 14.5. The molecule has 0 atom stereocenters. The summed E-state index contributed by atoms with van der Waals surface area (Å²) in [4.78, 5) is 1.32. The monoisotopic (exact) mass is 329 g/mol. The van der Waals surface area contributed by atoms with Crippen molar-refractivity contribution in [1.29, 1.82) is 0 Å². The molecule has 2 aromatic heterocycles. The lowest BCUT2D eigenvalue weighted by Crippen LogP contribution is -2.00. The van der Waals surface area contributed by atoms with Gasteiger partial charge in [-0.3, -0.25) is 0 Å². The fourth-order valence-corrected chi connectivity index (χ4v) is 4.04. The second-order valence-corrected chi connectivity index (χ2v) is 6.94. The number of nitrogens with zero attached hydrogens (tertiary/aromatic N) is 1. The molecule has 2 aromatic carbocycles. The number of hydrogen-bond donors (Lipinski definition) is 0. The first-order chi connectivity index (χ1) is 11.8. The molecule has 24 heavy (non-hydrogen) atoms. The zero-order chi connectivity index (χ0) is 16.4. The van der Waals surface area contributed by atoms with Gasteiger partial charge < -0.3 is 4.57 Å². The van der Waals surface area contributed by atoms with Crippen molar-refractivity contribution in [1.82, 2.24) is 4.57 Å². The summed E-state index contributed by atoms with van der Waals surface area (Å²) in [7, 11) is 0. The molecule has 118 valence electrons. The third kappa shape index (κ3) is 2.81. The van der Waals surface area contributed by atoms with Gasteiger partial charge in [-0.25, -0.2) is 0 Å². The quantitative estimate of drug-likeness (QED) is 0.417. The fourth-order valence-electron chi connectivity index (χ4n) is 3.25. The van der Waals surface area contributed by atoms with Gasteiger partial charge in [-0.2, -0.15) is 0 Å². The topological polar surface area (TPSA) is 4.93 Å². The van der Waals surface area contributed by atoms with Crippen LogP contribution >= 0.6 is 11.3 Å². The predicted octanol–water partition coefficient (Wildman–Crippen LogP) is 6.24. The molecule has 2 heterocycles. The van der Waals surface area contributed by atoms with Crippen molar-refractivity contribution >= 4 is 11.3 Å². The lowest BCUT2D eigenvalue weighted by atomic mass is 10.0. The van der Waals surface area contributed by atoms with E-state index in [9.17, 15) is 0 Å². The van der Waals surface area contributed by atoms with Crippen LogP contribution in [0.25, 0.3) is 21.7 Å². The van der Waals surface area contributed by atoms with Crippen LogP contribution in [0.5, 0.6) is 0 Å². The van der Waals surface area contributed by atoms with Crippen LogP contribution in [0, 0.1) is 6.92 Å². The number of benzene rings is 2. The van der Waals surface area contributed by atoms with Gasteiger partial charge in [0.1, 0.15) is 0 Å². The van der Waals surface area contributed by atoms with Crippen molar-refractivity contribution in [2.24, 2.45) is 0 Å². The molecule has 0 N–H and O–H groups in total. The smallest absolute Gasteiger partial charge is 0.0667 e. The van der Waals surface area contributed by atoms with Gasteiger partial charge in [0.25, 0.3) is 0 Å². The van der Waals surface area contributed by atoms with E-state index in [1.165, 1.54) is 32.8 Å². The van der Waals surface area contributed by atoms with E-state index in [-0.39, 0.29) is 0 Å². The van der Waals surface area contributed by atoms with Gasteiger partial charge in [-0.1, -0.05) is 66.7 Å². The Labute approximate surface area is 146 Å². The average molecular weight is 329 g/mol. The first-order valence-electron chi connectivity index (χ1n) is 8.16. The molecule has 0 aliphatic heterocycles. The molecule has 0 spiro atoms. The summed E-state index contributed by atoms with van der Waals surface area (Å²) in [6, 6.07) is 25.7. The summed E-state index contributed by atoms with van der Waals surface area (Å²) in [5.41, 5.74) is 6.59. The minimum Gasteiger partial charge on any atom is -0.342 e. The van der Waals surface area contributed by atoms with Gasteiger partial charge in [-0.15, -0.1) is 11.3 Å². The van der Waals surface area contributed by atoms with Crippen molar-refractivity contribution in [2.45, 2.75) is 13.5 Å². The lowest BCUT2D eigenvalue weighted by molar-refractivity contribution is 0.814. The van der Waals surface area contributed by atoms with Crippen molar-refractivity contribution in [3.63, 3.8) is 0 Å². The van der Waals surface area contributed by atoms with Crippen molar-refractivity contribution in [3.8, 4) is 21.7 Å². The third-order valence-corrected chi connectivity index (χ3v) is 5.16. The van der Waals surface area contributed by atoms with Gasteiger partial charge >= 0.3 is 0 Å². The molecular formula is C22H19NS. The molecule has 0 aliphatic carbocycles. The second kappa shape index (κ2) is 6.50. The van der Waals surface area contributed by atoms with E-state index in [1.807, 2.05) is 0 Å². The summed E-state index contributed by atoms with van der Waals surface area (Å²) in [6.45, 7) is 3.10. The van der Waals surface area contributed by atoms with Crippen LogP contribution in [-0.2, 0) is 6.54 Å². The Morgan fingerprint density at radius 1 is 0.833 bits per heavy atom. The summed E-state index contributed by atoms with van der Waals surface area (Å²) in [5, 5.41) is 2.15. The fraction of sp³-hybridized carbons (Fsp3) is 0.0909. The SMILES string of the molecule is Cc1cn(Cc2ccccc2)c(-c2cccs2)c1-c1ccccc1. The third-order valence-electron chi connectivity index (χ3n) is 4.28. The highest BCUT2D eigenvalue weighted by Gasteiger charge is 2.17. The summed E-state index contributed by atoms with van der Waals surface area (Å²) in [6.07, 6.45) is 2.28. The normalized spacial score (nSPS) is 10.9. The second-order valence-electron chi connectivity index (χ2n) is 5.99. The molecular weight excluding hydrogens is 310 g/mol. The molecule has 0 radical (unpaired) electrons. The molecule has 0 aliphatic rings. The van der Waals surface area contributed by atoms with Gasteiger partial charge in [0.05, 0.1) is 10.6 Å². The highest BCUT2D eigenvalue weighted by Crippen LogP contribution is 2.38. The maximum Gasteiger partial charge on any atom is 0.0667 e. The molecule has 1 nitrogen and oxygen atoms in total. The first-order valence-corrected chi connectivity index (χ1v) is 9.04. The average Bonchev–Trinajstić information content (AvgIpc) is 3.24. The number of aryl methyl sites for hydroxylation is 1. The number of hydrogen-bond acceptors (Lipinski definition) is 1. The first kappa shape index (κ1) is 15.0. The van der Waals surface area contributed by atoms with Crippen LogP contribution in [0.1, 0.15) is 11.1 Å². The van der Waals surface area contributed by atoms with E-state index in [0.717, 1.165) is 6.54 Å². The molecule has 2 heteroatoms. The van der Waals surface area contributed by atoms with Gasteiger partial charge in [-0.05, 0) is 35.1 Å². The van der Waals surface area contributed by atoms with E-state index in [4.69, 9.17) is 0 Å². The molecule has 0 saturated carbocycles. The highest BCUT2D eigenvalue weighted by molar-refractivity contribution is 7.13. The van der Waals surface area contributed by atoms with Crippen LogP contribution in [0.4, 0.5) is 0 Å². The Balaban J connectivity index is 1.89.